The van der Waals surface area contributed by atoms with Gasteiger partial charge in [-0.15, -0.1) is 5.10 Å². The molecule has 0 saturated heterocycles. The number of rotatable bonds is 3. The summed E-state index contributed by atoms with van der Waals surface area (Å²) in [6.07, 6.45) is 7.36. The summed E-state index contributed by atoms with van der Waals surface area (Å²) < 4.78 is 1.94. The Morgan fingerprint density at radius 2 is 2.11 bits per heavy atom. The Kier molecular flexibility index (Phi) is 4.00. The highest BCUT2D eigenvalue weighted by atomic mass is 15.4. The Morgan fingerprint density at radius 1 is 1.37 bits per heavy atom. The fraction of sp³-hybridized carbons (Fsp3) is 0.867. The fourth-order valence-corrected chi connectivity index (χ4v) is 2.81. The average molecular weight is 264 g/mol. The van der Waals surface area contributed by atoms with Gasteiger partial charge in [-0.1, -0.05) is 31.9 Å². The van der Waals surface area contributed by atoms with E-state index in [1.165, 1.54) is 25.7 Å². The summed E-state index contributed by atoms with van der Waals surface area (Å²) in [4.78, 5) is 0. The van der Waals surface area contributed by atoms with Crippen LogP contribution < -0.4 is 5.32 Å². The van der Waals surface area contributed by atoms with Crippen molar-refractivity contribution in [2.45, 2.75) is 78.4 Å². The van der Waals surface area contributed by atoms with Gasteiger partial charge in [0.25, 0.3) is 0 Å². The van der Waals surface area contributed by atoms with Crippen molar-refractivity contribution in [3.63, 3.8) is 0 Å². The number of hydrogen-bond acceptors (Lipinski definition) is 3. The molecule has 0 unspecified atom stereocenters. The van der Waals surface area contributed by atoms with Crippen LogP contribution in [0.15, 0.2) is 6.20 Å². The number of aromatic nitrogens is 3. The minimum Gasteiger partial charge on any atom is -0.308 e. The maximum absolute atomic E-state index is 4.27. The first-order valence-corrected chi connectivity index (χ1v) is 7.44. The van der Waals surface area contributed by atoms with Crippen LogP contribution in [0.5, 0.6) is 0 Å². The van der Waals surface area contributed by atoms with E-state index in [4.69, 9.17) is 0 Å². The highest BCUT2D eigenvalue weighted by Crippen LogP contribution is 2.35. The largest absolute Gasteiger partial charge is 0.308 e. The van der Waals surface area contributed by atoms with Crippen LogP contribution in [-0.2, 0) is 12.1 Å². The number of hydrogen-bond donors (Lipinski definition) is 1. The third-order valence-electron chi connectivity index (χ3n) is 4.26. The molecule has 0 bridgehead atoms. The van der Waals surface area contributed by atoms with E-state index in [1.54, 1.807) is 0 Å². The van der Waals surface area contributed by atoms with Crippen molar-refractivity contribution in [2.24, 2.45) is 5.41 Å². The fourth-order valence-electron chi connectivity index (χ4n) is 2.81. The van der Waals surface area contributed by atoms with Crippen LogP contribution in [0.1, 0.15) is 66.0 Å². The van der Waals surface area contributed by atoms with Gasteiger partial charge < -0.3 is 5.32 Å². The van der Waals surface area contributed by atoms with Crippen LogP contribution in [-0.4, -0.2) is 21.0 Å². The van der Waals surface area contributed by atoms with E-state index < -0.39 is 0 Å². The lowest BCUT2D eigenvalue weighted by Gasteiger charge is -2.39. The van der Waals surface area contributed by atoms with Crippen molar-refractivity contribution in [1.82, 2.24) is 20.3 Å². The van der Waals surface area contributed by atoms with E-state index >= 15 is 0 Å². The van der Waals surface area contributed by atoms with Crippen molar-refractivity contribution >= 4 is 0 Å². The quantitative estimate of drug-likeness (QED) is 0.912. The van der Waals surface area contributed by atoms with Crippen molar-refractivity contribution in [3.05, 3.63) is 11.9 Å². The molecule has 1 saturated carbocycles. The van der Waals surface area contributed by atoms with Gasteiger partial charge in [0, 0.05) is 12.6 Å². The van der Waals surface area contributed by atoms with Crippen molar-refractivity contribution in [3.8, 4) is 0 Å². The second kappa shape index (κ2) is 5.23. The molecule has 1 aliphatic carbocycles. The molecule has 1 fully saturated rings. The standard InChI is InChI=1S/C15H28N4/c1-14(2,3)19-11-12(17-18-19)10-16-13-8-6-7-9-15(13,4)5/h11,13,16H,6-10H2,1-5H3/t13-/m0/s1. The van der Waals surface area contributed by atoms with Crippen LogP contribution in [0.25, 0.3) is 0 Å². The topological polar surface area (TPSA) is 42.7 Å². The Bertz CT molecular complexity index is 414. The van der Waals surface area contributed by atoms with E-state index in [2.05, 4.69) is 56.4 Å². The molecule has 108 valence electrons. The second-order valence-electron chi connectivity index (χ2n) is 7.49. The first kappa shape index (κ1) is 14.5. The van der Waals surface area contributed by atoms with Gasteiger partial charge in [0.15, 0.2) is 0 Å². The lowest BCUT2D eigenvalue weighted by atomic mass is 9.73. The van der Waals surface area contributed by atoms with Gasteiger partial charge in [0.2, 0.25) is 0 Å². The summed E-state index contributed by atoms with van der Waals surface area (Å²) in [5.41, 5.74) is 1.45. The number of nitrogens with zero attached hydrogens (tertiary/aromatic N) is 3. The second-order valence-corrected chi connectivity index (χ2v) is 7.49. The molecular formula is C15H28N4. The molecule has 1 heterocycles. The zero-order valence-corrected chi connectivity index (χ0v) is 13.0. The molecule has 1 N–H and O–H groups in total. The Balaban J connectivity index is 1.93. The normalized spacial score (nSPS) is 23.5. The molecule has 4 heteroatoms. The van der Waals surface area contributed by atoms with Gasteiger partial charge in [-0.05, 0) is 39.0 Å². The molecule has 1 aliphatic rings. The first-order valence-electron chi connectivity index (χ1n) is 7.44. The molecule has 4 nitrogen and oxygen atoms in total. The average Bonchev–Trinajstić information content (AvgIpc) is 2.75. The van der Waals surface area contributed by atoms with Crippen molar-refractivity contribution in [2.75, 3.05) is 0 Å². The van der Waals surface area contributed by atoms with Gasteiger partial charge in [-0.3, -0.25) is 0 Å². The summed E-state index contributed by atoms with van der Waals surface area (Å²) in [5.74, 6) is 0. The minimum atomic E-state index is 0.00929. The SMILES string of the molecule is CC1(C)CCCC[C@@H]1NCc1cn(C(C)(C)C)nn1. The van der Waals surface area contributed by atoms with E-state index in [0.29, 0.717) is 11.5 Å². The smallest absolute Gasteiger partial charge is 0.0965 e. The summed E-state index contributed by atoms with van der Waals surface area (Å²) in [7, 11) is 0. The highest BCUT2D eigenvalue weighted by molar-refractivity contribution is 4.96. The minimum absolute atomic E-state index is 0.00929. The van der Waals surface area contributed by atoms with Crippen LogP contribution in [0, 0.1) is 5.41 Å². The van der Waals surface area contributed by atoms with Crippen molar-refractivity contribution in [1.29, 1.82) is 0 Å². The van der Waals surface area contributed by atoms with E-state index in [0.717, 1.165) is 12.2 Å². The Hall–Kier alpha value is -0.900. The molecule has 0 radical (unpaired) electrons. The first-order chi connectivity index (χ1) is 8.79. The van der Waals surface area contributed by atoms with Gasteiger partial charge >= 0.3 is 0 Å². The van der Waals surface area contributed by atoms with Crippen molar-refractivity contribution < 1.29 is 0 Å². The molecular weight excluding hydrogens is 236 g/mol. The third kappa shape index (κ3) is 3.56. The van der Waals surface area contributed by atoms with E-state index in [-0.39, 0.29) is 5.54 Å². The maximum Gasteiger partial charge on any atom is 0.0965 e. The van der Waals surface area contributed by atoms with Crippen LogP contribution in [0.2, 0.25) is 0 Å². The summed E-state index contributed by atoms with van der Waals surface area (Å²) >= 11 is 0. The molecule has 0 aromatic carbocycles. The molecule has 1 atom stereocenters. The monoisotopic (exact) mass is 264 g/mol. The predicted molar refractivity (Wildman–Crippen MR) is 77.9 cm³/mol. The maximum atomic E-state index is 4.27. The van der Waals surface area contributed by atoms with Gasteiger partial charge in [0.1, 0.15) is 0 Å². The predicted octanol–water partition coefficient (Wildman–Crippen LogP) is 3.09. The summed E-state index contributed by atoms with van der Waals surface area (Å²) in [6.45, 7) is 12.0. The molecule has 1 aromatic rings. The molecule has 0 aliphatic heterocycles. The molecule has 0 spiro atoms. The van der Waals surface area contributed by atoms with E-state index in [9.17, 15) is 0 Å². The van der Waals surface area contributed by atoms with Gasteiger partial charge in [0.05, 0.1) is 17.4 Å². The molecule has 19 heavy (non-hydrogen) atoms. The van der Waals surface area contributed by atoms with Crippen LogP contribution in [0.3, 0.4) is 0 Å². The lowest BCUT2D eigenvalue weighted by molar-refractivity contribution is 0.166. The lowest BCUT2D eigenvalue weighted by Crippen LogP contribution is -2.43. The summed E-state index contributed by atoms with van der Waals surface area (Å²) in [6, 6.07) is 0.598. The van der Waals surface area contributed by atoms with Crippen LogP contribution >= 0.6 is 0 Å². The molecule has 0 amide bonds. The van der Waals surface area contributed by atoms with Crippen LogP contribution in [0.4, 0.5) is 0 Å². The van der Waals surface area contributed by atoms with Gasteiger partial charge in [-0.2, -0.15) is 0 Å². The zero-order valence-electron chi connectivity index (χ0n) is 13.0. The third-order valence-corrected chi connectivity index (χ3v) is 4.26. The highest BCUT2D eigenvalue weighted by Gasteiger charge is 2.31. The molecule has 1 aromatic heterocycles. The van der Waals surface area contributed by atoms with Gasteiger partial charge in [-0.25, -0.2) is 4.68 Å². The summed E-state index contributed by atoms with van der Waals surface area (Å²) in [5, 5.41) is 12.2. The Morgan fingerprint density at radius 3 is 2.68 bits per heavy atom. The van der Waals surface area contributed by atoms with E-state index in [1.807, 2.05) is 4.68 Å². The Labute approximate surface area is 117 Å². The molecule has 2 rings (SSSR count). The zero-order chi connectivity index (χ0) is 14.1. The number of nitrogens with one attached hydrogen (secondary N) is 1.